The van der Waals surface area contributed by atoms with Gasteiger partial charge in [-0.3, -0.25) is 9.59 Å². The molecule has 0 unspecified atom stereocenters. The van der Waals surface area contributed by atoms with Crippen molar-refractivity contribution < 1.29 is 19.1 Å². The smallest absolute Gasteiger partial charge is 0.318 e. The molecule has 0 radical (unpaired) electrons. The van der Waals surface area contributed by atoms with Crippen molar-refractivity contribution in [3.05, 3.63) is 0 Å². The first-order valence-corrected chi connectivity index (χ1v) is 7.17. The Morgan fingerprint density at radius 1 is 1.26 bits per heavy atom. The lowest BCUT2D eigenvalue weighted by Gasteiger charge is -2.21. The summed E-state index contributed by atoms with van der Waals surface area (Å²) in [5.41, 5.74) is 0. The van der Waals surface area contributed by atoms with E-state index >= 15 is 0 Å². The van der Waals surface area contributed by atoms with Crippen molar-refractivity contribution in [1.29, 1.82) is 0 Å². The lowest BCUT2D eigenvalue weighted by atomic mass is 10.1. The highest BCUT2D eigenvalue weighted by atomic mass is 16.5. The Morgan fingerprint density at radius 2 is 2.00 bits per heavy atom. The second-order valence-electron chi connectivity index (χ2n) is 4.81. The fourth-order valence-electron chi connectivity index (χ4n) is 2.36. The molecule has 0 spiro atoms. The maximum absolute atomic E-state index is 12.3. The predicted molar refractivity (Wildman–Crippen MR) is 71.6 cm³/mol. The van der Waals surface area contributed by atoms with Crippen molar-refractivity contribution in [2.24, 2.45) is 11.8 Å². The molecule has 0 N–H and O–H groups in total. The van der Waals surface area contributed by atoms with E-state index in [0.717, 1.165) is 6.42 Å². The third-order valence-corrected chi connectivity index (χ3v) is 3.43. The van der Waals surface area contributed by atoms with Gasteiger partial charge in [-0.2, -0.15) is 0 Å². The third kappa shape index (κ3) is 4.49. The van der Waals surface area contributed by atoms with E-state index in [4.69, 9.17) is 9.47 Å². The molecule has 1 aliphatic rings. The first-order valence-electron chi connectivity index (χ1n) is 7.17. The molecule has 5 heteroatoms. The number of amides is 1. The Morgan fingerprint density at radius 3 is 2.58 bits per heavy atom. The van der Waals surface area contributed by atoms with Gasteiger partial charge in [0.05, 0.1) is 13.2 Å². The van der Waals surface area contributed by atoms with Crippen molar-refractivity contribution in [3.8, 4) is 0 Å². The van der Waals surface area contributed by atoms with Crippen LogP contribution in [0.1, 0.15) is 33.6 Å². The first kappa shape index (κ1) is 16.0. The van der Waals surface area contributed by atoms with Crippen molar-refractivity contribution in [1.82, 2.24) is 4.90 Å². The van der Waals surface area contributed by atoms with E-state index in [2.05, 4.69) is 0 Å². The van der Waals surface area contributed by atoms with E-state index < -0.39 is 11.9 Å². The normalized spacial score (nSPS) is 20.4. The van der Waals surface area contributed by atoms with Crippen molar-refractivity contribution >= 4 is 11.9 Å². The summed E-state index contributed by atoms with van der Waals surface area (Å²) in [4.78, 5) is 25.8. The number of hydrogen-bond acceptors (Lipinski definition) is 4. The van der Waals surface area contributed by atoms with Crippen LogP contribution in [-0.2, 0) is 19.1 Å². The standard InChI is InChI=1S/C14H25NO4/c1-4-12(14(17)19-6-3)13(16)15-8-7-11(9-15)10-18-5-2/h11-12H,4-10H2,1-3H3/t11-,12-/m0/s1. The van der Waals surface area contributed by atoms with Gasteiger partial charge in [0, 0.05) is 25.6 Å². The molecule has 1 rings (SSSR count). The summed E-state index contributed by atoms with van der Waals surface area (Å²) in [7, 11) is 0. The zero-order valence-electron chi connectivity index (χ0n) is 12.2. The molecular formula is C14H25NO4. The number of rotatable bonds is 7. The fourth-order valence-corrected chi connectivity index (χ4v) is 2.36. The van der Waals surface area contributed by atoms with Crippen LogP contribution >= 0.6 is 0 Å². The average Bonchev–Trinajstić information content (AvgIpc) is 2.86. The lowest BCUT2D eigenvalue weighted by Crippen LogP contribution is -2.38. The van der Waals surface area contributed by atoms with Crippen LogP contribution in [-0.4, -0.2) is 49.7 Å². The molecule has 0 aromatic carbocycles. The molecule has 0 aromatic heterocycles. The summed E-state index contributed by atoms with van der Waals surface area (Å²) >= 11 is 0. The minimum absolute atomic E-state index is 0.0973. The van der Waals surface area contributed by atoms with Crippen molar-refractivity contribution in [2.75, 3.05) is 32.9 Å². The summed E-state index contributed by atoms with van der Waals surface area (Å²) < 4.78 is 10.3. The molecule has 0 aromatic rings. The van der Waals surface area contributed by atoms with Crippen LogP contribution in [0.15, 0.2) is 0 Å². The predicted octanol–water partition coefficient (Wildman–Crippen LogP) is 1.46. The van der Waals surface area contributed by atoms with E-state index in [1.807, 2.05) is 13.8 Å². The number of hydrogen-bond donors (Lipinski definition) is 0. The molecular weight excluding hydrogens is 246 g/mol. The molecule has 1 heterocycles. The number of nitrogens with zero attached hydrogens (tertiary/aromatic N) is 1. The van der Waals surface area contributed by atoms with E-state index in [1.165, 1.54) is 0 Å². The largest absolute Gasteiger partial charge is 0.465 e. The monoisotopic (exact) mass is 271 g/mol. The van der Waals surface area contributed by atoms with Gasteiger partial charge in [0.1, 0.15) is 5.92 Å². The number of ether oxygens (including phenoxy) is 2. The van der Waals surface area contributed by atoms with Gasteiger partial charge in [-0.05, 0) is 26.7 Å². The Labute approximate surface area is 115 Å². The summed E-state index contributed by atoms with van der Waals surface area (Å²) in [5.74, 6) is -0.752. The Balaban J connectivity index is 2.50. The van der Waals surface area contributed by atoms with Gasteiger partial charge in [0.2, 0.25) is 5.91 Å². The summed E-state index contributed by atoms with van der Waals surface area (Å²) in [5, 5.41) is 0. The fraction of sp³-hybridized carbons (Fsp3) is 0.857. The van der Waals surface area contributed by atoms with E-state index in [1.54, 1.807) is 11.8 Å². The van der Waals surface area contributed by atoms with Gasteiger partial charge < -0.3 is 14.4 Å². The molecule has 1 saturated heterocycles. The van der Waals surface area contributed by atoms with Crippen molar-refractivity contribution in [3.63, 3.8) is 0 Å². The van der Waals surface area contributed by atoms with Gasteiger partial charge in [-0.1, -0.05) is 6.92 Å². The Kier molecular flexibility index (Phi) is 6.84. The van der Waals surface area contributed by atoms with E-state index in [9.17, 15) is 9.59 Å². The van der Waals surface area contributed by atoms with Crippen LogP contribution in [0.5, 0.6) is 0 Å². The average molecular weight is 271 g/mol. The zero-order valence-corrected chi connectivity index (χ0v) is 12.2. The minimum Gasteiger partial charge on any atom is -0.465 e. The van der Waals surface area contributed by atoms with Crippen LogP contribution in [0.4, 0.5) is 0 Å². The molecule has 0 bridgehead atoms. The number of carbonyl (C=O) groups excluding carboxylic acids is 2. The zero-order chi connectivity index (χ0) is 14.3. The second-order valence-corrected chi connectivity index (χ2v) is 4.81. The van der Waals surface area contributed by atoms with Crippen LogP contribution in [0.2, 0.25) is 0 Å². The molecule has 5 nitrogen and oxygen atoms in total. The maximum atomic E-state index is 12.3. The number of esters is 1. The lowest BCUT2D eigenvalue weighted by molar-refractivity contribution is -0.155. The quantitative estimate of drug-likeness (QED) is 0.519. The second kappa shape index (κ2) is 8.15. The summed E-state index contributed by atoms with van der Waals surface area (Å²) in [6, 6.07) is 0. The number of carbonyl (C=O) groups is 2. The van der Waals surface area contributed by atoms with E-state index in [-0.39, 0.29) is 5.91 Å². The SMILES string of the molecule is CCOC[C@H]1CCN(C(=O)[C@H](CC)C(=O)OCC)C1. The van der Waals surface area contributed by atoms with E-state index in [0.29, 0.717) is 45.2 Å². The van der Waals surface area contributed by atoms with Crippen LogP contribution in [0, 0.1) is 11.8 Å². The summed E-state index contributed by atoms with van der Waals surface area (Å²) in [6.07, 6.45) is 1.44. The molecule has 1 amide bonds. The van der Waals surface area contributed by atoms with Gasteiger partial charge >= 0.3 is 5.97 Å². The van der Waals surface area contributed by atoms with Crippen molar-refractivity contribution in [2.45, 2.75) is 33.6 Å². The summed E-state index contributed by atoms with van der Waals surface area (Å²) in [6.45, 7) is 8.67. The van der Waals surface area contributed by atoms with Gasteiger partial charge in [-0.15, -0.1) is 0 Å². The van der Waals surface area contributed by atoms with Crippen LogP contribution in [0.3, 0.4) is 0 Å². The molecule has 110 valence electrons. The molecule has 2 atom stereocenters. The number of likely N-dealkylation sites (tertiary alicyclic amines) is 1. The van der Waals surface area contributed by atoms with Crippen LogP contribution < -0.4 is 0 Å². The molecule has 0 aliphatic carbocycles. The third-order valence-electron chi connectivity index (χ3n) is 3.43. The van der Waals surface area contributed by atoms with Gasteiger partial charge in [0.25, 0.3) is 0 Å². The highest BCUT2D eigenvalue weighted by Gasteiger charge is 2.34. The van der Waals surface area contributed by atoms with Gasteiger partial charge in [-0.25, -0.2) is 0 Å². The molecule has 0 saturated carbocycles. The maximum Gasteiger partial charge on any atom is 0.318 e. The first-order chi connectivity index (χ1) is 9.13. The van der Waals surface area contributed by atoms with Crippen LogP contribution in [0.25, 0.3) is 0 Å². The highest BCUT2D eigenvalue weighted by molar-refractivity contribution is 5.97. The molecule has 1 fully saturated rings. The Hall–Kier alpha value is -1.10. The topological polar surface area (TPSA) is 55.8 Å². The Bertz CT molecular complexity index is 306. The van der Waals surface area contributed by atoms with Gasteiger partial charge in [0.15, 0.2) is 0 Å². The minimum atomic E-state index is -0.647. The molecule has 1 aliphatic heterocycles. The highest BCUT2D eigenvalue weighted by Crippen LogP contribution is 2.20. The molecule has 19 heavy (non-hydrogen) atoms.